The number of fused-ring (bicyclic) bond motifs is 1. The maximum atomic E-state index is 14.6. The number of amides is 1. The molecule has 0 aliphatic carbocycles. The van der Waals surface area contributed by atoms with Gasteiger partial charge in [-0.15, -0.1) is 0 Å². The van der Waals surface area contributed by atoms with E-state index in [0.717, 1.165) is 0 Å². The van der Waals surface area contributed by atoms with Crippen molar-refractivity contribution in [2.24, 2.45) is 4.99 Å². The van der Waals surface area contributed by atoms with E-state index in [9.17, 15) is 22.4 Å². The second-order valence-corrected chi connectivity index (χ2v) is 9.92. The van der Waals surface area contributed by atoms with Gasteiger partial charge in [-0.25, -0.2) is 9.37 Å². The number of hydrogen-bond donors (Lipinski definition) is 2. The van der Waals surface area contributed by atoms with E-state index < -0.39 is 11.7 Å². The summed E-state index contributed by atoms with van der Waals surface area (Å²) < 4.78 is 61.9. The van der Waals surface area contributed by atoms with Gasteiger partial charge in [0.1, 0.15) is 22.2 Å². The molecule has 1 amide bonds. The van der Waals surface area contributed by atoms with Crippen LogP contribution in [0.5, 0.6) is 5.75 Å². The average Bonchev–Trinajstić information content (AvgIpc) is 3.25. The lowest BCUT2D eigenvalue weighted by molar-refractivity contribution is -0.0330. The predicted molar refractivity (Wildman–Crippen MR) is 148 cm³/mol. The molecular weight excluding hydrogens is 548 g/mol. The average molecular weight is 577 g/mol. The number of aromatic nitrogens is 2. The highest BCUT2D eigenvalue weighted by molar-refractivity contribution is 8.00. The van der Waals surface area contributed by atoms with Crippen LogP contribution in [0.15, 0.2) is 46.5 Å². The van der Waals surface area contributed by atoms with Gasteiger partial charge in [0.15, 0.2) is 11.8 Å². The van der Waals surface area contributed by atoms with Gasteiger partial charge in [0.2, 0.25) is 0 Å². The molecule has 13 heteroatoms. The zero-order valence-corrected chi connectivity index (χ0v) is 22.9. The molecule has 212 valence electrons. The minimum atomic E-state index is -4.58. The number of alkyl halides is 4. The Labute approximate surface area is 233 Å². The van der Waals surface area contributed by atoms with Gasteiger partial charge in [-0.3, -0.25) is 14.2 Å². The lowest BCUT2D eigenvalue weighted by Gasteiger charge is -2.26. The lowest BCUT2D eigenvalue weighted by Crippen LogP contribution is -2.39. The molecule has 1 saturated heterocycles. The molecule has 0 radical (unpaired) electrons. The summed E-state index contributed by atoms with van der Waals surface area (Å²) in [7, 11) is 3.34. The van der Waals surface area contributed by atoms with Crippen molar-refractivity contribution in [3.8, 4) is 17.6 Å². The van der Waals surface area contributed by atoms with E-state index in [1.165, 1.54) is 17.6 Å². The lowest BCUT2D eigenvalue weighted by atomic mass is 10.1. The zero-order valence-electron chi connectivity index (χ0n) is 22.1. The van der Waals surface area contributed by atoms with Crippen molar-refractivity contribution in [2.75, 3.05) is 45.7 Å². The predicted octanol–water partition coefficient (Wildman–Crippen LogP) is 4.91. The maximum absolute atomic E-state index is 14.6. The second-order valence-electron chi connectivity index (χ2n) is 8.86. The smallest absolute Gasteiger partial charge is 0.447 e. The van der Waals surface area contributed by atoms with Gasteiger partial charge in [-0.2, -0.15) is 13.2 Å². The number of halogens is 4. The number of ether oxygens (including phenoxy) is 1. The van der Waals surface area contributed by atoms with Crippen molar-refractivity contribution < 1.29 is 27.1 Å². The van der Waals surface area contributed by atoms with E-state index in [2.05, 4.69) is 32.5 Å². The van der Waals surface area contributed by atoms with Crippen LogP contribution in [-0.2, 0) is 0 Å². The van der Waals surface area contributed by atoms with Crippen molar-refractivity contribution in [1.29, 1.82) is 0 Å². The first-order valence-corrected chi connectivity index (χ1v) is 13.3. The first kappa shape index (κ1) is 29.2. The topological polar surface area (TPSA) is 83.3 Å². The number of benzene rings is 1. The number of carbonyl (C=O) groups excluding carboxylic acids is 1. The standard InChI is InChI=1S/C27H28F4N6O2S/c1-4-39-23-15-17(25(38)32-2)9-10-20(23)33-12-5-7-22-26(40-27(29,30)31)37-13-6-8-21(24(37)35-22)34-19-11-14-36(3)16-18(19)28/h6,8-10,13,15,18,33H,4,11-12,14,16H2,1-3H3,(H,32,38)/t18-/m0/s1. The molecule has 8 nitrogen and oxygen atoms in total. The molecule has 0 saturated carbocycles. The van der Waals surface area contributed by atoms with Crippen LogP contribution in [0.3, 0.4) is 0 Å². The monoisotopic (exact) mass is 576 g/mol. The third kappa shape index (κ3) is 7.05. The summed E-state index contributed by atoms with van der Waals surface area (Å²) in [4.78, 5) is 22.6. The van der Waals surface area contributed by atoms with Crippen LogP contribution in [0, 0.1) is 11.8 Å². The Bertz CT molecular complexity index is 1480. The molecule has 3 aromatic rings. The first-order chi connectivity index (χ1) is 19.1. The molecule has 1 atom stereocenters. The van der Waals surface area contributed by atoms with Crippen molar-refractivity contribution >= 4 is 40.4 Å². The zero-order chi connectivity index (χ0) is 28.9. The molecule has 0 bridgehead atoms. The number of thioether (sulfide) groups is 1. The molecular formula is C27H28F4N6O2S. The van der Waals surface area contributed by atoms with Crippen LogP contribution in [0.1, 0.15) is 29.4 Å². The Kier molecular flexibility index (Phi) is 9.21. The molecule has 1 aliphatic heterocycles. The number of carbonyl (C=O) groups is 1. The van der Waals surface area contributed by atoms with Crippen LogP contribution in [0.25, 0.3) is 5.65 Å². The fraction of sp³-hybridized carbons (Fsp3) is 0.370. The summed E-state index contributed by atoms with van der Waals surface area (Å²) >= 11 is -0.321. The molecule has 1 aliphatic rings. The summed E-state index contributed by atoms with van der Waals surface area (Å²) in [5.74, 6) is 5.72. The van der Waals surface area contributed by atoms with Crippen molar-refractivity contribution in [3.05, 3.63) is 47.8 Å². The quantitative estimate of drug-likeness (QED) is 0.236. The van der Waals surface area contributed by atoms with E-state index in [4.69, 9.17) is 4.74 Å². The Hall–Kier alpha value is -3.76. The van der Waals surface area contributed by atoms with Gasteiger partial charge in [0.25, 0.3) is 5.91 Å². The highest BCUT2D eigenvalue weighted by Gasteiger charge is 2.33. The highest BCUT2D eigenvalue weighted by Crippen LogP contribution is 2.40. The molecule has 1 fully saturated rings. The fourth-order valence-corrected chi connectivity index (χ4v) is 4.77. The molecule has 4 rings (SSSR count). The van der Waals surface area contributed by atoms with Crippen molar-refractivity contribution in [1.82, 2.24) is 19.6 Å². The number of piperidine rings is 1. The van der Waals surface area contributed by atoms with Crippen molar-refractivity contribution in [2.45, 2.75) is 30.1 Å². The SMILES string of the molecule is CCOc1cc(C(=O)NC)ccc1NCC#Cc1nc2c(N=C3CCN(C)C[C@@H]3F)cccn2c1SC(F)(F)F. The van der Waals surface area contributed by atoms with Crippen LogP contribution < -0.4 is 15.4 Å². The van der Waals surface area contributed by atoms with E-state index in [1.54, 1.807) is 37.3 Å². The van der Waals surface area contributed by atoms with Gasteiger partial charge in [-0.1, -0.05) is 5.92 Å². The summed E-state index contributed by atoms with van der Waals surface area (Å²) in [6.45, 7) is 3.07. The Morgan fingerprint density at radius 1 is 1.32 bits per heavy atom. The second kappa shape index (κ2) is 12.6. The van der Waals surface area contributed by atoms with Gasteiger partial charge < -0.3 is 20.3 Å². The normalized spacial score (nSPS) is 17.0. The Morgan fingerprint density at radius 2 is 2.12 bits per heavy atom. The molecule has 40 heavy (non-hydrogen) atoms. The number of likely N-dealkylation sites (tertiary alicyclic amines) is 1. The maximum Gasteiger partial charge on any atom is 0.447 e. The van der Waals surface area contributed by atoms with Crippen LogP contribution in [-0.4, -0.2) is 77.9 Å². The number of rotatable bonds is 7. The number of nitrogens with one attached hydrogen (secondary N) is 2. The van der Waals surface area contributed by atoms with Crippen LogP contribution in [0.2, 0.25) is 0 Å². The van der Waals surface area contributed by atoms with Crippen molar-refractivity contribution in [3.63, 3.8) is 0 Å². The summed E-state index contributed by atoms with van der Waals surface area (Å²) in [5, 5.41) is 5.41. The summed E-state index contributed by atoms with van der Waals surface area (Å²) in [6, 6.07) is 8.02. The van der Waals surface area contributed by atoms with Crippen LogP contribution >= 0.6 is 11.8 Å². The number of nitrogens with zero attached hydrogens (tertiary/aromatic N) is 4. The molecule has 0 spiro atoms. The molecule has 0 unspecified atom stereocenters. The van der Waals surface area contributed by atoms with Gasteiger partial charge in [0.05, 0.1) is 24.6 Å². The third-order valence-corrected chi connectivity index (χ3v) is 6.80. The van der Waals surface area contributed by atoms with E-state index in [1.807, 2.05) is 11.9 Å². The molecule has 2 N–H and O–H groups in total. The number of imidazole rings is 1. The number of aliphatic imine (C=N–C) groups is 1. The molecule has 1 aromatic carbocycles. The van der Waals surface area contributed by atoms with E-state index in [-0.39, 0.29) is 52.8 Å². The summed E-state index contributed by atoms with van der Waals surface area (Å²) in [6.07, 6.45) is 0.596. The van der Waals surface area contributed by atoms with Crippen LogP contribution in [0.4, 0.5) is 28.9 Å². The Balaban J connectivity index is 1.64. The largest absolute Gasteiger partial charge is 0.492 e. The summed E-state index contributed by atoms with van der Waals surface area (Å²) in [5.41, 5.74) is -2.89. The molecule has 3 heterocycles. The highest BCUT2D eigenvalue weighted by atomic mass is 32.2. The minimum Gasteiger partial charge on any atom is -0.492 e. The first-order valence-electron chi connectivity index (χ1n) is 12.5. The number of pyridine rings is 1. The molecule has 2 aromatic heterocycles. The third-order valence-electron chi connectivity index (χ3n) is 5.99. The van der Waals surface area contributed by atoms with Gasteiger partial charge >= 0.3 is 5.51 Å². The Morgan fingerprint density at radius 3 is 2.83 bits per heavy atom. The van der Waals surface area contributed by atoms with E-state index >= 15 is 0 Å². The van der Waals surface area contributed by atoms with E-state index in [0.29, 0.717) is 42.3 Å². The fourth-order valence-electron chi connectivity index (χ4n) is 4.12. The van der Waals surface area contributed by atoms with Gasteiger partial charge in [0, 0.05) is 50.1 Å². The van der Waals surface area contributed by atoms with Gasteiger partial charge in [-0.05, 0) is 50.2 Å². The number of anilines is 1. The minimum absolute atomic E-state index is 0.0651. The number of hydrogen-bond acceptors (Lipinski definition) is 7.